The molecule has 0 aromatic heterocycles. The maximum absolute atomic E-state index is 10.1. The van der Waals surface area contributed by atoms with Crippen molar-refractivity contribution < 1.29 is 9.84 Å². The molecule has 1 aliphatic rings. The van der Waals surface area contributed by atoms with Gasteiger partial charge in [-0.25, -0.2) is 0 Å². The first-order valence-corrected chi connectivity index (χ1v) is 9.66. The Hall–Kier alpha value is -2.89. The van der Waals surface area contributed by atoms with Crippen LogP contribution >= 0.6 is 0 Å². The van der Waals surface area contributed by atoms with Crippen LogP contribution in [0.25, 0.3) is 0 Å². The molecule has 6 heteroatoms. The standard InChI is InChI=1S/C22H30N4O2/c1-16-6-5-7-20(17(16)2)25-10-12-26(13-11-25)22(23-3)24-15-18-14-19(28-4)8-9-21(18)27/h5-9,14,27H,10-13,15H2,1-4H3,(H,23,24). The van der Waals surface area contributed by atoms with Crippen molar-refractivity contribution in [3.63, 3.8) is 0 Å². The zero-order valence-electron chi connectivity index (χ0n) is 17.2. The Morgan fingerprint density at radius 3 is 2.57 bits per heavy atom. The summed E-state index contributed by atoms with van der Waals surface area (Å²) in [5.74, 6) is 1.83. The van der Waals surface area contributed by atoms with Crippen LogP contribution in [0.2, 0.25) is 0 Å². The van der Waals surface area contributed by atoms with Gasteiger partial charge in [-0.15, -0.1) is 0 Å². The van der Waals surface area contributed by atoms with Gasteiger partial charge >= 0.3 is 0 Å². The molecule has 6 nitrogen and oxygen atoms in total. The van der Waals surface area contributed by atoms with Crippen molar-refractivity contribution in [1.82, 2.24) is 10.2 Å². The molecule has 0 bridgehead atoms. The molecule has 1 saturated heterocycles. The van der Waals surface area contributed by atoms with Gasteiger partial charge < -0.3 is 25.0 Å². The number of ether oxygens (including phenoxy) is 1. The number of piperazine rings is 1. The molecule has 0 amide bonds. The smallest absolute Gasteiger partial charge is 0.194 e. The van der Waals surface area contributed by atoms with Crippen LogP contribution in [0.4, 0.5) is 5.69 Å². The number of nitrogens with zero attached hydrogens (tertiary/aromatic N) is 3. The maximum Gasteiger partial charge on any atom is 0.194 e. The number of aliphatic imine (C=N–C) groups is 1. The quantitative estimate of drug-likeness (QED) is 0.629. The lowest BCUT2D eigenvalue weighted by Gasteiger charge is -2.38. The first-order valence-electron chi connectivity index (χ1n) is 9.66. The second kappa shape index (κ2) is 8.87. The first kappa shape index (κ1) is 19.9. The third-order valence-electron chi connectivity index (χ3n) is 5.43. The topological polar surface area (TPSA) is 60.3 Å². The second-order valence-corrected chi connectivity index (χ2v) is 7.09. The zero-order chi connectivity index (χ0) is 20.1. The molecule has 1 fully saturated rings. The fraction of sp³-hybridized carbons (Fsp3) is 0.409. The van der Waals surface area contributed by atoms with E-state index in [2.05, 4.69) is 52.2 Å². The molecule has 2 aromatic rings. The van der Waals surface area contributed by atoms with Gasteiger partial charge in [0.1, 0.15) is 11.5 Å². The van der Waals surface area contributed by atoms with Gasteiger partial charge in [-0.05, 0) is 49.2 Å². The average molecular weight is 383 g/mol. The Balaban J connectivity index is 1.60. The summed E-state index contributed by atoms with van der Waals surface area (Å²) in [7, 11) is 3.42. The molecule has 0 radical (unpaired) electrons. The number of hydrogen-bond donors (Lipinski definition) is 2. The highest BCUT2D eigenvalue weighted by molar-refractivity contribution is 5.80. The van der Waals surface area contributed by atoms with E-state index in [1.165, 1.54) is 16.8 Å². The van der Waals surface area contributed by atoms with Crippen LogP contribution in [0.5, 0.6) is 11.5 Å². The Labute approximate surface area is 167 Å². The third-order valence-corrected chi connectivity index (χ3v) is 5.43. The third kappa shape index (κ3) is 4.32. The molecule has 1 heterocycles. The molecule has 1 aliphatic heterocycles. The second-order valence-electron chi connectivity index (χ2n) is 7.09. The van der Waals surface area contributed by atoms with Gasteiger partial charge in [-0.2, -0.15) is 0 Å². The summed E-state index contributed by atoms with van der Waals surface area (Å²) < 4.78 is 5.25. The largest absolute Gasteiger partial charge is 0.508 e. The van der Waals surface area contributed by atoms with E-state index in [1.807, 2.05) is 6.07 Å². The Morgan fingerprint density at radius 2 is 1.89 bits per heavy atom. The number of methoxy groups -OCH3 is 1. The molecule has 0 atom stereocenters. The number of anilines is 1. The average Bonchev–Trinajstić information content (AvgIpc) is 2.72. The van der Waals surface area contributed by atoms with Gasteiger partial charge in [0.2, 0.25) is 0 Å². The van der Waals surface area contributed by atoms with Crippen molar-refractivity contribution in [3.05, 3.63) is 53.1 Å². The van der Waals surface area contributed by atoms with Crippen LogP contribution in [0.15, 0.2) is 41.4 Å². The van der Waals surface area contributed by atoms with E-state index in [0.29, 0.717) is 6.54 Å². The molecule has 0 saturated carbocycles. The van der Waals surface area contributed by atoms with Crippen LogP contribution in [-0.4, -0.2) is 56.3 Å². The van der Waals surface area contributed by atoms with Crippen molar-refractivity contribution in [2.24, 2.45) is 4.99 Å². The lowest BCUT2D eigenvalue weighted by Crippen LogP contribution is -2.52. The molecular formula is C22H30N4O2. The monoisotopic (exact) mass is 382 g/mol. The van der Waals surface area contributed by atoms with Crippen molar-refractivity contribution >= 4 is 11.6 Å². The number of phenolic OH excluding ortho intramolecular Hbond substituents is 1. The molecule has 2 aromatic carbocycles. The number of phenols is 1. The summed E-state index contributed by atoms with van der Waals surface area (Å²) in [6.07, 6.45) is 0. The molecule has 2 N–H and O–H groups in total. The van der Waals surface area contributed by atoms with Gasteiger partial charge in [0.05, 0.1) is 7.11 Å². The number of benzene rings is 2. The van der Waals surface area contributed by atoms with Crippen LogP contribution in [0.1, 0.15) is 16.7 Å². The van der Waals surface area contributed by atoms with Crippen molar-refractivity contribution in [2.45, 2.75) is 20.4 Å². The van der Waals surface area contributed by atoms with Crippen LogP contribution in [-0.2, 0) is 6.54 Å². The lowest BCUT2D eigenvalue weighted by molar-refractivity contribution is 0.371. The minimum atomic E-state index is 0.253. The SMILES string of the molecule is CN=C(NCc1cc(OC)ccc1O)N1CCN(c2cccc(C)c2C)CC1. The first-order chi connectivity index (χ1) is 13.5. The fourth-order valence-corrected chi connectivity index (χ4v) is 3.57. The molecule has 0 aliphatic carbocycles. The summed E-state index contributed by atoms with van der Waals surface area (Å²) in [4.78, 5) is 9.14. The highest BCUT2D eigenvalue weighted by Crippen LogP contribution is 2.24. The van der Waals surface area contributed by atoms with Crippen molar-refractivity contribution in [3.8, 4) is 11.5 Å². The molecular weight excluding hydrogens is 352 g/mol. The molecule has 0 unspecified atom stereocenters. The normalized spacial score (nSPS) is 14.9. The van der Waals surface area contributed by atoms with Gasteiger partial charge in [-0.1, -0.05) is 12.1 Å². The highest BCUT2D eigenvalue weighted by Gasteiger charge is 2.21. The summed E-state index contributed by atoms with van der Waals surface area (Å²) in [6, 6.07) is 11.7. The van der Waals surface area contributed by atoms with Gasteiger partial charge in [0.25, 0.3) is 0 Å². The predicted octanol–water partition coefficient (Wildman–Crippen LogP) is 2.92. The molecule has 3 rings (SSSR count). The van der Waals surface area contributed by atoms with Gasteiger partial charge in [-0.3, -0.25) is 4.99 Å². The molecule has 150 valence electrons. The number of aryl methyl sites for hydroxylation is 1. The number of aromatic hydroxyl groups is 1. The fourth-order valence-electron chi connectivity index (χ4n) is 3.57. The highest BCUT2D eigenvalue weighted by atomic mass is 16.5. The number of rotatable bonds is 4. The Kier molecular flexibility index (Phi) is 6.29. The summed E-state index contributed by atoms with van der Waals surface area (Å²) in [5, 5.41) is 13.4. The van der Waals surface area contributed by atoms with Crippen molar-refractivity contribution in [1.29, 1.82) is 0 Å². The Bertz CT molecular complexity index is 842. The van der Waals surface area contributed by atoms with E-state index in [-0.39, 0.29) is 5.75 Å². The predicted molar refractivity (Wildman–Crippen MR) is 115 cm³/mol. The van der Waals surface area contributed by atoms with E-state index in [0.717, 1.165) is 43.5 Å². The Morgan fingerprint density at radius 1 is 1.14 bits per heavy atom. The van der Waals surface area contributed by atoms with Gasteiger partial charge in [0, 0.05) is 51.0 Å². The minimum Gasteiger partial charge on any atom is -0.508 e. The van der Waals surface area contributed by atoms with Crippen LogP contribution in [0.3, 0.4) is 0 Å². The number of hydrogen-bond acceptors (Lipinski definition) is 4. The lowest BCUT2D eigenvalue weighted by atomic mass is 10.1. The van der Waals surface area contributed by atoms with E-state index in [4.69, 9.17) is 4.74 Å². The maximum atomic E-state index is 10.1. The van der Waals surface area contributed by atoms with Crippen LogP contribution < -0.4 is 15.0 Å². The van der Waals surface area contributed by atoms with E-state index in [1.54, 1.807) is 26.3 Å². The summed E-state index contributed by atoms with van der Waals surface area (Å²) in [5.41, 5.74) is 4.79. The molecule has 0 spiro atoms. The van der Waals surface area contributed by atoms with E-state index < -0.39 is 0 Å². The van der Waals surface area contributed by atoms with E-state index in [9.17, 15) is 5.11 Å². The molecule has 28 heavy (non-hydrogen) atoms. The number of guanidine groups is 1. The van der Waals surface area contributed by atoms with Crippen molar-refractivity contribution in [2.75, 3.05) is 45.2 Å². The summed E-state index contributed by atoms with van der Waals surface area (Å²) >= 11 is 0. The van der Waals surface area contributed by atoms with Crippen LogP contribution in [0, 0.1) is 13.8 Å². The number of nitrogens with one attached hydrogen (secondary N) is 1. The zero-order valence-corrected chi connectivity index (χ0v) is 17.2. The minimum absolute atomic E-state index is 0.253. The summed E-state index contributed by atoms with van der Waals surface area (Å²) in [6.45, 7) is 8.55. The van der Waals surface area contributed by atoms with Gasteiger partial charge in [0.15, 0.2) is 5.96 Å². The van der Waals surface area contributed by atoms with E-state index >= 15 is 0 Å².